The fourth-order valence-electron chi connectivity index (χ4n) is 2.65. The molecule has 1 amide bonds. The summed E-state index contributed by atoms with van der Waals surface area (Å²) in [5.74, 6) is 1.06. The molecule has 0 aromatic heterocycles. The Morgan fingerprint density at radius 1 is 1.19 bits per heavy atom. The molecular formula is C21H22N4O2. The second-order valence-corrected chi connectivity index (χ2v) is 6.12. The highest BCUT2D eigenvalue weighted by molar-refractivity contribution is 5.99. The molecule has 1 aliphatic heterocycles. The van der Waals surface area contributed by atoms with Crippen molar-refractivity contribution in [2.45, 2.75) is 13.2 Å². The van der Waals surface area contributed by atoms with Crippen molar-refractivity contribution in [3.05, 3.63) is 79.0 Å². The van der Waals surface area contributed by atoms with Gasteiger partial charge in [-0.2, -0.15) is 0 Å². The molecule has 6 nitrogen and oxygen atoms in total. The number of nitrogens with zero attached hydrogens (tertiary/aromatic N) is 2. The van der Waals surface area contributed by atoms with Gasteiger partial charge in [-0.3, -0.25) is 4.79 Å². The minimum atomic E-state index is -0.320. The number of rotatable bonds is 5. The first-order valence-electron chi connectivity index (χ1n) is 8.56. The number of aliphatic imine (C=N–C) groups is 1. The van der Waals surface area contributed by atoms with Crippen LogP contribution in [0, 0.1) is 0 Å². The van der Waals surface area contributed by atoms with E-state index in [4.69, 9.17) is 4.74 Å². The maximum atomic E-state index is 11.5. The average molecular weight is 362 g/mol. The third-order valence-corrected chi connectivity index (χ3v) is 4.03. The van der Waals surface area contributed by atoms with Crippen LogP contribution in [0.15, 0.2) is 84.0 Å². The number of benzene rings is 2. The predicted molar refractivity (Wildman–Crippen MR) is 109 cm³/mol. The van der Waals surface area contributed by atoms with Gasteiger partial charge in [-0.1, -0.05) is 30.8 Å². The highest BCUT2D eigenvalue weighted by Crippen LogP contribution is 2.24. The Hall–Kier alpha value is -3.54. The number of guanidine groups is 1. The monoisotopic (exact) mass is 362 g/mol. The summed E-state index contributed by atoms with van der Waals surface area (Å²) in [6.45, 7) is 5.42. The smallest absolute Gasteiger partial charge is 0.247 e. The fraction of sp³-hybridized carbons (Fsp3) is 0.143. The summed E-state index contributed by atoms with van der Waals surface area (Å²) in [6, 6.07) is 17.1. The molecular weight excluding hydrogens is 340 g/mol. The number of nitrogens with one attached hydrogen (secondary N) is 2. The van der Waals surface area contributed by atoms with Gasteiger partial charge in [0.05, 0.1) is 0 Å². The van der Waals surface area contributed by atoms with Gasteiger partial charge in [0.2, 0.25) is 11.9 Å². The van der Waals surface area contributed by atoms with Crippen LogP contribution in [0.25, 0.3) is 0 Å². The Morgan fingerprint density at radius 3 is 2.67 bits per heavy atom. The van der Waals surface area contributed by atoms with Crippen molar-refractivity contribution in [1.82, 2.24) is 4.90 Å². The molecule has 3 rings (SSSR count). The van der Waals surface area contributed by atoms with E-state index in [2.05, 4.69) is 22.2 Å². The maximum Gasteiger partial charge on any atom is 0.247 e. The highest BCUT2D eigenvalue weighted by atomic mass is 16.5. The molecule has 0 aliphatic carbocycles. The maximum absolute atomic E-state index is 11.5. The summed E-state index contributed by atoms with van der Waals surface area (Å²) in [6.07, 6.45) is 2.70. The summed E-state index contributed by atoms with van der Waals surface area (Å²) < 4.78 is 6.16. The third kappa shape index (κ3) is 4.55. The van der Waals surface area contributed by atoms with Crippen molar-refractivity contribution in [2.75, 3.05) is 17.7 Å². The number of ether oxygens (including phenoxy) is 1. The molecule has 2 aromatic carbocycles. The zero-order chi connectivity index (χ0) is 19.2. The molecule has 6 heteroatoms. The van der Waals surface area contributed by atoms with Crippen molar-refractivity contribution < 1.29 is 9.53 Å². The van der Waals surface area contributed by atoms with Crippen LogP contribution >= 0.6 is 0 Å². The summed E-state index contributed by atoms with van der Waals surface area (Å²) in [5.41, 5.74) is 2.56. The second kappa shape index (κ2) is 8.23. The van der Waals surface area contributed by atoms with E-state index in [-0.39, 0.29) is 12.1 Å². The summed E-state index contributed by atoms with van der Waals surface area (Å²) in [5, 5.41) is 6.03. The summed E-state index contributed by atoms with van der Waals surface area (Å²) in [4.78, 5) is 17.9. The zero-order valence-electron chi connectivity index (χ0n) is 15.3. The van der Waals surface area contributed by atoms with Crippen LogP contribution in [0.1, 0.15) is 6.92 Å². The number of likely N-dealkylation sites (N-methyl/N-ethyl adjacent to an activating group) is 1. The molecule has 0 saturated heterocycles. The molecule has 138 valence electrons. The number of anilines is 2. The van der Waals surface area contributed by atoms with E-state index in [0.717, 1.165) is 11.3 Å². The first kappa shape index (κ1) is 18.3. The van der Waals surface area contributed by atoms with E-state index in [0.29, 0.717) is 17.4 Å². The van der Waals surface area contributed by atoms with Crippen LogP contribution in [0.4, 0.5) is 11.4 Å². The molecule has 1 aliphatic rings. The van der Waals surface area contributed by atoms with Crippen LogP contribution in [0.3, 0.4) is 0 Å². The number of carbonyl (C=O) groups is 1. The van der Waals surface area contributed by atoms with E-state index in [1.165, 1.54) is 6.08 Å². The molecule has 0 radical (unpaired) electrons. The highest BCUT2D eigenvalue weighted by Gasteiger charge is 2.25. The van der Waals surface area contributed by atoms with Crippen LogP contribution < -0.4 is 15.4 Å². The van der Waals surface area contributed by atoms with Gasteiger partial charge in [0.15, 0.2) is 6.23 Å². The largest absolute Gasteiger partial charge is 0.466 e. The SMILES string of the molecule is C=CC(=O)Nc1cccc(OC2C(C)=CN=C(Nc3ccccc3)N2C)c1. The van der Waals surface area contributed by atoms with Gasteiger partial charge < -0.3 is 20.3 Å². The van der Waals surface area contributed by atoms with Crippen LogP contribution in [0.2, 0.25) is 0 Å². The van der Waals surface area contributed by atoms with Gasteiger partial charge in [-0.25, -0.2) is 4.99 Å². The molecule has 1 heterocycles. The minimum absolute atomic E-state index is 0.264. The standard InChI is InChI=1S/C21H22N4O2/c1-4-19(26)23-17-11-8-12-18(13-17)27-20-15(2)14-22-21(25(20)3)24-16-9-6-5-7-10-16/h4-14,20H,1H2,2-3H3,(H,22,24)(H,23,26). The number of para-hydroxylation sites is 1. The van der Waals surface area contributed by atoms with Crippen LogP contribution in [-0.2, 0) is 4.79 Å². The summed E-state index contributed by atoms with van der Waals surface area (Å²) in [7, 11) is 1.92. The van der Waals surface area contributed by atoms with Gasteiger partial charge in [-0.05, 0) is 37.3 Å². The first-order valence-corrected chi connectivity index (χ1v) is 8.56. The van der Waals surface area contributed by atoms with Crippen molar-refractivity contribution in [3.8, 4) is 5.75 Å². The molecule has 1 atom stereocenters. The normalized spacial score (nSPS) is 16.1. The molecule has 27 heavy (non-hydrogen) atoms. The molecule has 2 aromatic rings. The zero-order valence-corrected chi connectivity index (χ0v) is 15.3. The Morgan fingerprint density at radius 2 is 1.93 bits per heavy atom. The van der Waals surface area contributed by atoms with Crippen LogP contribution in [-0.4, -0.2) is 30.0 Å². The third-order valence-electron chi connectivity index (χ3n) is 4.03. The van der Waals surface area contributed by atoms with Crippen molar-refractivity contribution in [2.24, 2.45) is 4.99 Å². The molecule has 0 bridgehead atoms. The Balaban J connectivity index is 1.74. The predicted octanol–water partition coefficient (Wildman–Crippen LogP) is 3.83. The van der Waals surface area contributed by atoms with Crippen molar-refractivity contribution in [3.63, 3.8) is 0 Å². The molecule has 0 saturated carbocycles. The topological polar surface area (TPSA) is 66.0 Å². The lowest BCUT2D eigenvalue weighted by molar-refractivity contribution is -0.111. The Bertz CT molecular complexity index is 890. The van der Waals surface area contributed by atoms with E-state index < -0.39 is 0 Å². The van der Waals surface area contributed by atoms with E-state index in [1.54, 1.807) is 18.3 Å². The van der Waals surface area contributed by atoms with Gasteiger partial charge in [-0.15, -0.1) is 0 Å². The van der Waals surface area contributed by atoms with Gasteiger partial charge >= 0.3 is 0 Å². The summed E-state index contributed by atoms with van der Waals surface area (Å²) >= 11 is 0. The molecule has 2 N–H and O–H groups in total. The Labute approximate surface area is 158 Å². The quantitative estimate of drug-likeness (QED) is 0.794. The van der Waals surface area contributed by atoms with Gasteiger partial charge in [0.25, 0.3) is 0 Å². The second-order valence-electron chi connectivity index (χ2n) is 6.12. The number of hydrogen-bond donors (Lipinski definition) is 2. The Kier molecular flexibility index (Phi) is 5.56. The van der Waals surface area contributed by atoms with Gasteiger partial charge in [0, 0.05) is 36.3 Å². The number of carbonyl (C=O) groups excluding carboxylic acids is 1. The van der Waals surface area contributed by atoms with Crippen LogP contribution in [0.5, 0.6) is 5.75 Å². The van der Waals surface area contributed by atoms with E-state index in [9.17, 15) is 4.79 Å². The minimum Gasteiger partial charge on any atom is -0.466 e. The van der Waals surface area contributed by atoms with E-state index >= 15 is 0 Å². The number of hydrogen-bond acceptors (Lipinski definition) is 5. The fourth-order valence-corrected chi connectivity index (χ4v) is 2.65. The lowest BCUT2D eigenvalue weighted by Gasteiger charge is -2.34. The van der Waals surface area contributed by atoms with Crippen molar-refractivity contribution in [1.29, 1.82) is 0 Å². The molecule has 0 spiro atoms. The average Bonchev–Trinajstić information content (AvgIpc) is 2.68. The lowest BCUT2D eigenvalue weighted by atomic mass is 10.2. The first-order chi connectivity index (χ1) is 13.1. The lowest BCUT2D eigenvalue weighted by Crippen LogP contribution is -2.46. The van der Waals surface area contributed by atoms with E-state index in [1.807, 2.05) is 61.3 Å². The molecule has 0 fully saturated rings. The molecule has 1 unspecified atom stereocenters. The van der Waals surface area contributed by atoms with Gasteiger partial charge in [0.1, 0.15) is 5.75 Å². The van der Waals surface area contributed by atoms with Crippen molar-refractivity contribution >= 4 is 23.2 Å². The number of amides is 1.